The van der Waals surface area contributed by atoms with Gasteiger partial charge in [0.05, 0.1) is 17.7 Å². The molecular weight excluding hydrogens is 458 g/mol. The Morgan fingerprint density at radius 3 is 2.75 bits per heavy atom. The van der Waals surface area contributed by atoms with Gasteiger partial charge in [-0.25, -0.2) is 0 Å². The van der Waals surface area contributed by atoms with Crippen LogP contribution in [-0.4, -0.2) is 18.2 Å². The number of halogens is 5. The SMILES string of the molecule is O=C(O)CC1=C2C=C(c3cc(Cl)ccc3C(F)(F)F)C=CN2I=C1. The number of fused-ring (bicyclic) bond motifs is 1. The fraction of sp³-hybridized carbons (Fsp3) is 0.125. The number of hydrogen-bond acceptors (Lipinski definition) is 2. The molecule has 0 aromatic heterocycles. The van der Waals surface area contributed by atoms with Crippen LogP contribution in [0.4, 0.5) is 13.2 Å². The van der Waals surface area contributed by atoms with Crippen LogP contribution in [0.15, 0.2) is 47.8 Å². The lowest BCUT2D eigenvalue weighted by molar-refractivity contribution is -0.138. The summed E-state index contributed by atoms with van der Waals surface area (Å²) in [6.45, 7) is 0. The summed E-state index contributed by atoms with van der Waals surface area (Å²) in [6.07, 6.45) is 0.248. The minimum absolute atomic E-state index is 0.0156. The van der Waals surface area contributed by atoms with E-state index in [1.54, 1.807) is 18.4 Å². The topological polar surface area (TPSA) is 40.5 Å². The van der Waals surface area contributed by atoms with Crippen molar-refractivity contribution >= 4 is 48.2 Å². The third kappa shape index (κ3) is 3.41. The third-order valence-electron chi connectivity index (χ3n) is 3.46. The van der Waals surface area contributed by atoms with Crippen molar-refractivity contribution in [1.29, 1.82) is 0 Å². The van der Waals surface area contributed by atoms with Gasteiger partial charge in [-0.15, -0.1) is 0 Å². The Bertz CT molecular complexity index is 840. The van der Waals surface area contributed by atoms with Crippen molar-refractivity contribution in [1.82, 2.24) is 3.11 Å². The first-order valence-electron chi connectivity index (χ1n) is 6.74. The molecule has 0 bridgehead atoms. The molecule has 0 atom stereocenters. The minimum Gasteiger partial charge on any atom is -0.481 e. The van der Waals surface area contributed by atoms with Crippen LogP contribution >= 0.6 is 32.6 Å². The summed E-state index contributed by atoms with van der Waals surface area (Å²) in [7, 11) is 0. The number of alkyl halides is 3. The van der Waals surface area contributed by atoms with E-state index in [-0.39, 0.29) is 17.0 Å². The van der Waals surface area contributed by atoms with Gasteiger partial charge >= 0.3 is 12.1 Å². The lowest BCUT2D eigenvalue weighted by Crippen LogP contribution is -2.11. The summed E-state index contributed by atoms with van der Waals surface area (Å²) >= 11 is 5.35. The van der Waals surface area contributed by atoms with Crippen molar-refractivity contribution in [2.45, 2.75) is 12.6 Å². The predicted molar refractivity (Wildman–Crippen MR) is 94.8 cm³/mol. The molecule has 0 saturated carbocycles. The highest BCUT2D eigenvalue weighted by molar-refractivity contribution is 14.2. The van der Waals surface area contributed by atoms with Crippen LogP contribution in [0, 0.1) is 0 Å². The number of carboxylic acids is 1. The fourth-order valence-corrected chi connectivity index (χ4v) is 4.87. The van der Waals surface area contributed by atoms with Crippen LogP contribution in [0.3, 0.4) is 0 Å². The first kappa shape index (κ1) is 17.2. The standard InChI is InChI=1S/C16H10ClF3INO2/c17-11-1-2-13(16(18,19)20)12(7-11)9-3-4-22-14(5-9)10(8-21-22)6-15(23)24/h1-5,7-8H,6H2,(H,23,24). The molecule has 2 aliphatic rings. The van der Waals surface area contributed by atoms with Crippen molar-refractivity contribution in [3.63, 3.8) is 0 Å². The molecule has 1 aromatic rings. The molecule has 0 saturated heterocycles. The van der Waals surface area contributed by atoms with Gasteiger partial charge in [0, 0.05) is 32.2 Å². The van der Waals surface area contributed by atoms with Crippen molar-refractivity contribution in [3.8, 4) is 0 Å². The average Bonchev–Trinajstić information content (AvgIpc) is 2.87. The molecule has 1 N–H and O–H groups in total. The van der Waals surface area contributed by atoms with Gasteiger partial charge in [-0.05, 0) is 51.1 Å². The van der Waals surface area contributed by atoms with E-state index >= 15 is 0 Å². The monoisotopic (exact) mass is 467 g/mol. The Morgan fingerprint density at radius 2 is 2.08 bits per heavy atom. The summed E-state index contributed by atoms with van der Waals surface area (Å²) in [5.41, 5.74) is 0.855. The maximum atomic E-state index is 13.3. The molecule has 0 aliphatic carbocycles. The minimum atomic E-state index is -4.50. The Kier molecular flexibility index (Phi) is 4.56. The van der Waals surface area contributed by atoms with Crippen LogP contribution in [0.1, 0.15) is 17.5 Å². The highest BCUT2D eigenvalue weighted by atomic mass is 127. The molecule has 0 fully saturated rings. The molecule has 0 spiro atoms. The van der Waals surface area contributed by atoms with E-state index in [0.29, 0.717) is 16.8 Å². The molecule has 3 nitrogen and oxygen atoms in total. The third-order valence-corrected chi connectivity index (χ3v) is 6.17. The Labute approximate surface area is 150 Å². The first-order valence-corrected chi connectivity index (χ1v) is 9.32. The number of benzene rings is 1. The number of nitrogens with zero attached hydrogens (tertiary/aromatic N) is 1. The van der Waals surface area contributed by atoms with Crippen molar-refractivity contribution in [2.75, 3.05) is 0 Å². The zero-order valence-electron chi connectivity index (χ0n) is 11.9. The van der Waals surface area contributed by atoms with E-state index in [0.717, 1.165) is 6.07 Å². The largest absolute Gasteiger partial charge is 0.481 e. The number of allylic oxidation sites excluding steroid dienone is 3. The van der Waals surface area contributed by atoms with Crippen LogP contribution in [-0.2, 0) is 11.0 Å². The molecule has 24 heavy (non-hydrogen) atoms. The van der Waals surface area contributed by atoms with Crippen molar-refractivity contribution in [2.24, 2.45) is 0 Å². The van der Waals surface area contributed by atoms with Crippen LogP contribution in [0.5, 0.6) is 0 Å². The number of aliphatic carboxylic acids is 1. The summed E-state index contributed by atoms with van der Waals surface area (Å²) in [6, 6.07) is 3.44. The summed E-state index contributed by atoms with van der Waals surface area (Å²) in [5, 5.41) is 9.18. The zero-order chi connectivity index (χ0) is 17.5. The van der Waals surface area contributed by atoms with E-state index < -0.39 is 38.7 Å². The van der Waals surface area contributed by atoms with Gasteiger partial charge in [-0.2, -0.15) is 13.2 Å². The zero-order valence-corrected chi connectivity index (χ0v) is 14.9. The van der Waals surface area contributed by atoms with E-state index in [9.17, 15) is 18.0 Å². The molecule has 2 aliphatic heterocycles. The molecule has 0 radical (unpaired) electrons. The van der Waals surface area contributed by atoms with Crippen molar-refractivity contribution in [3.05, 3.63) is 64.0 Å². The lowest BCUT2D eigenvalue weighted by Gasteiger charge is -2.21. The van der Waals surface area contributed by atoms with Gasteiger partial charge in [0.15, 0.2) is 0 Å². The molecule has 0 amide bonds. The first-order chi connectivity index (χ1) is 11.3. The Morgan fingerprint density at radius 1 is 1.33 bits per heavy atom. The maximum Gasteiger partial charge on any atom is 0.417 e. The summed E-state index contributed by atoms with van der Waals surface area (Å²) in [5.74, 6) is -0.970. The lowest BCUT2D eigenvalue weighted by atomic mass is 9.96. The number of carboxylic acid groups (broad SMARTS) is 1. The number of hydrogen-bond donors (Lipinski definition) is 1. The van der Waals surface area contributed by atoms with Gasteiger partial charge in [-0.3, -0.25) is 7.91 Å². The van der Waals surface area contributed by atoms with Crippen molar-refractivity contribution < 1.29 is 23.1 Å². The van der Waals surface area contributed by atoms with Gasteiger partial charge in [0.1, 0.15) is 0 Å². The Hall–Kier alpha value is -1.61. The number of rotatable bonds is 3. The van der Waals surface area contributed by atoms with E-state index in [4.69, 9.17) is 16.7 Å². The van der Waals surface area contributed by atoms with Gasteiger partial charge < -0.3 is 5.11 Å². The van der Waals surface area contributed by atoms with Gasteiger partial charge in [-0.1, -0.05) is 11.6 Å². The summed E-state index contributed by atoms with van der Waals surface area (Å²) < 4.78 is 43.5. The van der Waals surface area contributed by atoms with Crippen LogP contribution in [0.2, 0.25) is 5.02 Å². The molecule has 126 valence electrons. The highest BCUT2D eigenvalue weighted by Gasteiger charge is 2.34. The van der Waals surface area contributed by atoms with E-state index in [1.807, 2.05) is 7.13 Å². The van der Waals surface area contributed by atoms with Crippen LogP contribution < -0.4 is 0 Å². The second-order valence-corrected chi connectivity index (χ2v) is 7.76. The molecule has 0 unspecified atom stereocenters. The molecule has 3 rings (SSSR count). The second-order valence-electron chi connectivity index (χ2n) is 5.10. The molecular formula is C16H10ClF3INO2. The fourth-order valence-electron chi connectivity index (χ4n) is 2.43. The van der Waals surface area contributed by atoms with Gasteiger partial charge in [0.25, 0.3) is 0 Å². The molecule has 2 heterocycles. The van der Waals surface area contributed by atoms with E-state index in [1.165, 1.54) is 12.1 Å². The average molecular weight is 468 g/mol. The quantitative estimate of drug-likeness (QED) is 0.502. The highest BCUT2D eigenvalue weighted by Crippen LogP contribution is 2.41. The Balaban J connectivity index is 2.10. The maximum absolute atomic E-state index is 13.3. The summed E-state index contributed by atoms with van der Waals surface area (Å²) in [4.78, 5) is 10.9. The second kappa shape index (κ2) is 6.36. The number of carbonyl (C=O) groups is 1. The molecule has 8 heteroatoms. The van der Waals surface area contributed by atoms with Crippen LogP contribution in [0.25, 0.3) is 5.57 Å². The smallest absolute Gasteiger partial charge is 0.417 e. The van der Waals surface area contributed by atoms with Gasteiger partial charge in [0.2, 0.25) is 0 Å². The normalized spacial score (nSPS) is 16.8. The predicted octanol–water partition coefficient (Wildman–Crippen LogP) is 5.00. The molecule has 1 aromatic carbocycles. The van der Waals surface area contributed by atoms with E-state index in [2.05, 4.69) is 0 Å².